The van der Waals surface area contributed by atoms with Crippen LogP contribution in [0.1, 0.15) is 0 Å². The third-order valence-electron chi connectivity index (χ3n) is 3.19. The first-order chi connectivity index (χ1) is 11.9. The molecule has 0 aliphatic heterocycles. The van der Waals surface area contributed by atoms with Crippen molar-refractivity contribution in [3.63, 3.8) is 0 Å². The first-order valence-corrected chi connectivity index (χ1v) is 23.7. The van der Waals surface area contributed by atoms with Crippen LogP contribution in [0.25, 0.3) is 0 Å². The van der Waals surface area contributed by atoms with Gasteiger partial charge in [0.15, 0.2) is 33.3 Å². The molecule has 0 N–H and O–H groups in total. The highest BCUT2D eigenvalue weighted by molar-refractivity contribution is 6.70. The van der Waals surface area contributed by atoms with Crippen LogP contribution in [0.15, 0.2) is 0 Å². The van der Waals surface area contributed by atoms with E-state index in [1.165, 1.54) is 0 Å². The minimum atomic E-state index is -1.62. The largest absolute Gasteiger partial charge is 0.415 e. The van der Waals surface area contributed by atoms with Gasteiger partial charge >= 0.3 is 0 Å². The van der Waals surface area contributed by atoms with Gasteiger partial charge in [-0.05, 0) is 78.6 Å². The Balaban J connectivity index is 5.03. The van der Waals surface area contributed by atoms with Crippen molar-refractivity contribution in [1.82, 2.24) is 0 Å². The van der Waals surface area contributed by atoms with E-state index in [1.807, 2.05) is 0 Å². The molecule has 0 rings (SSSR count). The lowest BCUT2D eigenvalue weighted by Gasteiger charge is -2.32. The molecule has 0 saturated carbocycles. The second kappa shape index (κ2) is 11.2. The Labute approximate surface area is 173 Å². The molecule has 0 heterocycles. The molecule has 0 unspecified atom stereocenters. The predicted molar refractivity (Wildman–Crippen MR) is 126 cm³/mol. The molecule has 0 radical (unpaired) electrons. The molecule has 0 spiro atoms. The van der Waals surface area contributed by atoms with Crippen molar-refractivity contribution in [2.24, 2.45) is 0 Å². The molecule has 0 aliphatic carbocycles. The third kappa shape index (κ3) is 19.7. The number of rotatable bonds is 14. The molecule has 0 bridgehead atoms. The summed E-state index contributed by atoms with van der Waals surface area (Å²) in [6.07, 6.45) is -0.187. The molecule has 5 nitrogen and oxygen atoms in total. The summed E-state index contributed by atoms with van der Waals surface area (Å²) in [5.74, 6) is 0. The number of ether oxygens (including phenoxy) is 1. The highest BCUT2D eigenvalue weighted by Gasteiger charge is 2.27. The quantitative estimate of drug-likeness (QED) is 0.340. The Kier molecular flexibility index (Phi) is 11.4. The highest BCUT2D eigenvalue weighted by atomic mass is 28.4. The van der Waals surface area contributed by atoms with Crippen LogP contribution in [0.4, 0.5) is 0 Å². The fourth-order valence-electron chi connectivity index (χ4n) is 1.90. The van der Waals surface area contributed by atoms with Gasteiger partial charge in [-0.3, -0.25) is 0 Å². The first kappa shape index (κ1) is 27.7. The van der Waals surface area contributed by atoms with Crippen LogP contribution < -0.4 is 0 Å². The number of hydrogen-bond donors (Lipinski definition) is 0. The lowest BCUT2D eigenvalue weighted by Crippen LogP contribution is -2.43. The van der Waals surface area contributed by atoms with Crippen molar-refractivity contribution in [3.05, 3.63) is 0 Å². The first-order valence-electron chi connectivity index (χ1n) is 10.1. The monoisotopic (exact) mass is 454 g/mol. The van der Waals surface area contributed by atoms with Gasteiger partial charge in [-0.1, -0.05) is 0 Å². The van der Waals surface area contributed by atoms with E-state index < -0.39 is 33.3 Å². The van der Waals surface area contributed by atoms with Crippen LogP contribution in [0, 0.1) is 0 Å². The lowest BCUT2D eigenvalue weighted by atomic mass is 10.3. The van der Waals surface area contributed by atoms with Crippen LogP contribution in [0.5, 0.6) is 0 Å². The van der Waals surface area contributed by atoms with E-state index in [0.717, 1.165) is 0 Å². The maximum Gasteiger partial charge on any atom is 0.183 e. The van der Waals surface area contributed by atoms with Crippen molar-refractivity contribution >= 4 is 33.3 Å². The molecule has 164 valence electrons. The zero-order valence-corrected chi connectivity index (χ0v) is 24.0. The van der Waals surface area contributed by atoms with E-state index in [1.54, 1.807) is 0 Å². The predicted octanol–water partition coefficient (Wildman–Crippen LogP) is 5.15. The Bertz CT molecular complexity index is 334. The smallest absolute Gasteiger partial charge is 0.183 e. The fraction of sp³-hybridized carbons (Fsp3) is 1.00. The second-order valence-electron chi connectivity index (χ2n) is 11.1. The summed E-state index contributed by atoms with van der Waals surface area (Å²) in [6, 6.07) is 0. The van der Waals surface area contributed by atoms with E-state index in [4.69, 9.17) is 22.4 Å². The van der Waals surface area contributed by atoms with Gasteiger partial charge in [0, 0.05) is 0 Å². The van der Waals surface area contributed by atoms with Crippen LogP contribution in [0.3, 0.4) is 0 Å². The zero-order valence-electron chi connectivity index (χ0n) is 20.0. The van der Waals surface area contributed by atoms with Crippen molar-refractivity contribution in [3.8, 4) is 0 Å². The molecule has 9 heteroatoms. The van der Waals surface area contributed by atoms with Gasteiger partial charge in [0.1, 0.15) is 12.2 Å². The van der Waals surface area contributed by atoms with Crippen LogP contribution >= 0.6 is 0 Å². The van der Waals surface area contributed by atoms with Gasteiger partial charge in [-0.15, -0.1) is 0 Å². The zero-order chi connectivity index (χ0) is 21.5. The topological polar surface area (TPSA) is 46.2 Å². The van der Waals surface area contributed by atoms with Crippen molar-refractivity contribution < 1.29 is 22.4 Å². The SMILES string of the molecule is C[Si](C)(C)OCC(CO[Si](C)(C)C)OC(CO[Si](C)(C)C)CO[Si](C)(C)C. The van der Waals surface area contributed by atoms with Gasteiger partial charge < -0.3 is 22.4 Å². The molecular weight excluding hydrogens is 409 g/mol. The molecule has 0 saturated heterocycles. The van der Waals surface area contributed by atoms with Crippen molar-refractivity contribution in [2.75, 3.05) is 26.4 Å². The summed E-state index contributed by atoms with van der Waals surface area (Å²) in [5, 5.41) is 0. The maximum absolute atomic E-state index is 6.42. The normalized spacial score (nSPS) is 14.4. The molecule has 0 fully saturated rings. The fourth-order valence-corrected chi connectivity index (χ4v) is 4.64. The van der Waals surface area contributed by atoms with Crippen LogP contribution in [0.2, 0.25) is 78.6 Å². The molecule has 0 amide bonds. The summed E-state index contributed by atoms with van der Waals surface area (Å²) in [6.45, 7) is 28.6. The summed E-state index contributed by atoms with van der Waals surface area (Å²) >= 11 is 0. The molecule has 27 heavy (non-hydrogen) atoms. The van der Waals surface area contributed by atoms with Gasteiger partial charge in [0.2, 0.25) is 0 Å². The van der Waals surface area contributed by atoms with E-state index >= 15 is 0 Å². The standard InChI is InChI=1S/C18H46O5Si4/c1-24(2,3)19-13-17(14-20-25(4,5)6)23-18(15-21-26(7,8)9)16-22-27(10,11)12/h17-18H,13-16H2,1-12H3. The van der Waals surface area contributed by atoms with Gasteiger partial charge in [-0.2, -0.15) is 0 Å². The summed E-state index contributed by atoms with van der Waals surface area (Å²) in [5.41, 5.74) is 0. The Morgan fingerprint density at radius 2 is 0.593 bits per heavy atom. The number of hydrogen-bond acceptors (Lipinski definition) is 5. The highest BCUT2D eigenvalue weighted by Crippen LogP contribution is 2.14. The minimum absolute atomic E-state index is 0.0936. The Hall–Kier alpha value is 0.668. The summed E-state index contributed by atoms with van der Waals surface area (Å²) < 4.78 is 31.0. The molecule has 0 aromatic rings. The summed E-state index contributed by atoms with van der Waals surface area (Å²) in [7, 11) is -6.46. The maximum atomic E-state index is 6.42. The van der Waals surface area contributed by atoms with Gasteiger partial charge in [0.25, 0.3) is 0 Å². The molecule has 0 atom stereocenters. The van der Waals surface area contributed by atoms with Gasteiger partial charge in [0.05, 0.1) is 26.4 Å². The second-order valence-corrected chi connectivity index (χ2v) is 29.1. The minimum Gasteiger partial charge on any atom is -0.415 e. The molecule has 0 aliphatic rings. The van der Waals surface area contributed by atoms with Gasteiger partial charge in [-0.25, -0.2) is 0 Å². The van der Waals surface area contributed by atoms with Crippen molar-refractivity contribution in [2.45, 2.75) is 90.8 Å². The average Bonchev–Trinajstić information content (AvgIpc) is 2.40. The van der Waals surface area contributed by atoms with E-state index in [2.05, 4.69) is 78.6 Å². The lowest BCUT2D eigenvalue weighted by molar-refractivity contribution is -0.0859. The van der Waals surface area contributed by atoms with E-state index in [0.29, 0.717) is 26.4 Å². The van der Waals surface area contributed by atoms with Crippen LogP contribution in [-0.2, 0) is 22.4 Å². The Morgan fingerprint density at radius 1 is 0.407 bits per heavy atom. The van der Waals surface area contributed by atoms with E-state index in [9.17, 15) is 0 Å². The summed E-state index contributed by atoms with van der Waals surface area (Å²) in [4.78, 5) is 0. The van der Waals surface area contributed by atoms with E-state index in [-0.39, 0.29) is 12.2 Å². The molecular formula is C18H46O5Si4. The van der Waals surface area contributed by atoms with Crippen LogP contribution in [-0.4, -0.2) is 71.9 Å². The van der Waals surface area contributed by atoms with Crippen molar-refractivity contribution in [1.29, 1.82) is 0 Å². The Morgan fingerprint density at radius 3 is 0.741 bits per heavy atom. The molecule has 0 aromatic heterocycles. The third-order valence-corrected chi connectivity index (χ3v) is 7.32. The average molecular weight is 455 g/mol. The molecule has 0 aromatic carbocycles.